The number of hydrogen-bond acceptors (Lipinski definition) is 4. The first-order chi connectivity index (χ1) is 10.3. The standard InChI is InChI=1S/C16H31N3O2.ClH/c1-2-9-18(14-15-5-3-4-13-21-15)10-6-16(20)19-11-7-17-8-12-19;/h15,17H,2-14H2,1H3;1H. The maximum absolute atomic E-state index is 12.2. The largest absolute Gasteiger partial charge is 0.377 e. The van der Waals surface area contributed by atoms with Crippen molar-refractivity contribution in [2.24, 2.45) is 0 Å². The second-order valence-corrected chi connectivity index (χ2v) is 6.17. The molecular weight excluding hydrogens is 302 g/mol. The molecule has 0 spiro atoms. The lowest BCUT2D eigenvalue weighted by Gasteiger charge is -2.31. The Morgan fingerprint density at radius 3 is 2.68 bits per heavy atom. The van der Waals surface area contributed by atoms with Gasteiger partial charge < -0.3 is 19.9 Å². The first-order valence-electron chi connectivity index (χ1n) is 8.62. The van der Waals surface area contributed by atoms with Gasteiger partial charge in [0.05, 0.1) is 6.10 Å². The number of hydrogen-bond donors (Lipinski definition) is 1. The molecule has 0 aromatic carbocycles. The van der Waals surface area contributed by atoms with Crippen LogP contribution in [0.25, 0.3) is 0 Å². The number of carbonyl (C=O) groups is 1. The lowest BCUT2D eigenvalue weighted by atomic mass is 10.1. The molecule has 6 heteroatoms. The Morgan fingerprint density at radius 2 is 2.05 bits per heavy atom. The Bertz CT molecular complexity index is 306. The van der Waals surface area contributed by atoms with Gasteiger partial charge in [0.25, 0.3) is 0 Å². The zero-order valence-corrected chi connectivity index (χ0v) is 14.7. The average Bonchev–Trinajstić information content (AvgIpc) is 2.54. The Labute approximate surface area is 141 Å². The molecular formula is C16H32ClN3O2. The van der Waals surface area contributed by atoms with Crippen molar-refractivity contribution >= 4 is 18.3 Å². The van der Waals surface area contributed by atoms with Crippen molar-refractivity contribution in [2.75, 3.05) is 52.4 Å². The molecule has 22 heavy (non-hydrogen) atoms. The first kappa shape index (κ1) is 19.7. The third kappa shape index (κ3) is 6.82. The number of amides is 1. The number of halogens is 1. The molecule has 0 radical (unpaired) electrons. The van der Waals surface area contributed by atoms with Gasteiger partial charge in [-0.3, -0.25) is 4.79 Å². The summed E-state index contributed by atoms with van der Waals surface area (Å²) in [6.07, 6.45) is 5.81. The van der Waals surface area contributed by atoms with Gasteiger partial charge in [-0.2, -0.15) is 0 Å². The van der Waals surface area contributed by atoms with Gasteiger partial charge in [-0.15, -0.1) is 12.4 Å². The highest BCUT2D eigenvalue weighted by Gasteiger charge is 2.20. The molecule has 2 rings (SSSR count). The van der Waals surface area contributed by atoms with Crippen LogP contribution in [0.5, 0.6) is 0 Å². The van der Waals surface area contributed by atoms with Crippen LogP contribution < -0.4 is 5.32 Å². The number of nitrogens with zero attached hydrogens (tertiary/aromatic N) is 2. The molecule has 0 aliphatic carbocycles. The maximum Gasteiger partial charge on any atom is 0.223 e. The van der Waals surface area contributed by atoms with Crippen LogP contribution >= 0.6 is 12.4 Å². The number of ether oxygens (including phenoxy) is 1. The highest BCUT2D eigenvalue weighted by molar-refractivity contribution is 5.85. The van der Waals surface area contributed by atoms with Gasteiger partial charge in [-0.05, 0) is 32.2 Å². The maximum atomic E-state index is 12.2. The molecule has 2 saturated heterocycles. The van der Waals surface area contributed by atoms with E-state index in [-0.39, 0.29) is 12.4 Å². The third-order valence-electron chi connectivity index (χ3n) is 4.39. The van der Waals surface area contributed by atoms with Crippen molar-refractivity contribution in [3.05, 3.63) is 0 Å². The summed E-state index contributed by atoms with van der Waals surface area (Å²) in [5.41, 5.74) is 0. The minimum atomic E-state index is 0. The lowest BCUT2D eigenvalue weighted by Crippen LogP contribution is -2.47. The quantitative estimate of drug-likeness (QED) is 0.767. The van der Waals surface area contributed by atoms with Crippen molar-refractivity contribution in [3.63, 3.8) is 0 Å². The van der Waals surface area contributed by atoms with E-state index in [2.05, 4.69) is 17.1 Å². The molecule has 1 atom stereocenters. The van der Waals surface area contributed by atoms with Crippen LogP contribution in [0.4, 0.5) is 0 Å². The highest BCUT2D eigenvalue weighted by Crippen LogP contribution is 2.14. The van der Waals surface area contributed by atoms with E-state index in [9.17, 15) is 4.79 Å². The fourth-order valence-electron chi connectivity index (χ4n) is 3.18. The molecule has 0 saturated carbocycles. The van der Waals surface area contributed by atoms with Gasteiger partial charge >= 0.3 is 0 Å². The van der Waals surface area contributed by atoms with E-state index >= 15 is 0 Å². The Kier molecular flexibility index (Phi) is 10.0. The topological polar surface area (TPSA) is 44.8 Å². The number of rotatable bonds is 7. The fraction of sp³-hybridized carbons (Fsp3) is 0.938. The molecule has 130 valence electrons. The second-order valence-electron chi connectivity index (χ2n) is 6.17. The molecule has 0 bridgehead atoms. The second kappa shape index (κ2) is 11.2. The van der Waals surface area contributed by atoms with E-state index < -0.39 is 0 Å². The van der Waals surface area contributed by atoms with Crippen molar-refractivity contribution in [1.82, 2.24) is 15.1 Å². The van der Waals surface area contributed by atoms with Crippen LogP contribution in [-0.4, -0.2) is 74.2 Å². The van der Waals surface area contributed by atoms with Crippen molar-refractivity contribution in [1.29, 1.82) is 0 Å². The highest BCUT2D eigenvalue weighted by atomic mass is 35.5. The Morgan fingerprint density at radius 1 is 1.27 bits per heavy atom. The van der Waals surface area contributed by atoms with Crippen LogP contribution in [0.3, 0.4) is 0 Å². The number of nitrogens with one attached hydrogen (secondary N) is 1. The van der Waals surface area contributed by atoms with Gasteiger partial charge in [0.2, 0.25) is 5.91 Å². The van der Waals surface area contributed by atoms with Gasteiger partial charge in [-0.25, -0.2) is 0 Å². The van der Waals surface area contributed by atoms with Crippen LogP contribution in [0.1, 0.15) is 39.0 Å². The van der Waals surface area contributed by atoms with Crippen molar-refractivity contribution in [3.8, 4) is 0 Å². The van der Waals surface area contributed by atoms with Gasteiger partial charge in [-0.1, -0.05) is 6.92 Å². The predicted octanol–water partition coefficient (Wildman–Crippen LogP) is 1.51. The summed E-state index contributed by atoms with van der Waals surface area (Å²) < 4.78 is 5.83. The predicted molar refractivity (Wildman–Crippen MR) is 91.6 cm³/mol. The smallest absolute Gasteiger partial charge is 0.223 e. The van der Waals surface area contributed by atoms with Crippen LogP contribution in [0.2, 0.25) is 0 Å². The van der Waals surface area contributed by atoms with Crippen molar-refractivity contribution in [2.45, 2.75) is 45.1 Å². The third-order valence-corrected chi connectivity index (χ3v) is 4.39. The van der Waals surface area contributed by atoms with Crippen LogP contribution in [-0.2, 0) is 9.53 Å². The van der Waals surface area contributed by atoms with Crippen LogP contribution in [0, 0.1) is 0 Å². The van der Waals surface area contributed by atoms with E-state index in [0.29, 0.717) is 18.4 Å². The Hall–Kier alpha value is -0.360. The molecule has 0 aromatic heterocycles. The monoisotopic (exact) mass is 333 g/mol. The summed E-state index contributed by atoms with van der Waals surface area (Å²) in [6, 6.07) is 0. The number of carbonyl (C=O) groups excluding carboxylic acids is 1. The number of piperazine rings is 1. The summed E-state index contributed by atoms with van der Waals surface area (Å²) in [4.78, 5) is 16.6. The SMILES string of the molecule is CCCN(CCC(=O)N1CCNCC1)CC1CCCCO1.Cl. The molecule has 1 amide bonds. The molecule has 2 heterocycles. The molecule has 2 fully saturated rings. The lowest BCUT2D eigenvalue weighted by molar-refractivity contribution is -0.132. The van der Waals surface area contributed by atoms with E-state index in [1.54, 1.807) is 0 Å². The van der Waals surface area contributed by atoms with E-state index in [1.165, 1.54) is 19.3 Å². The molecule has 1 N–H and O–H groups in total. The van der Waals surface area contributed by atoms with Crippen molar-refractivity contribution < 1.29 is 9.53 Å². The van der Waals surface area contributed by atoms with Gasteiger partial charge in [0.1, 0.15) is 0 Å². The molecule has 2 aliphatic rings. The summed E-state index contributed by atoms with van der Waals surface area (Å²) in [5.74, 6) is 0.308. The average molecular weight is 334 g/mol. The molecule has 1 unspecified atom stereocenters. The zero-order chi connectivity index (χ0) is 14.9. The minimum Gasteiger partial charge on any atom is -0.377 e. The molecule has 2 aliphatic heterocycles. The summed E-state index contributed by atoms with van der Waals surface area (Å²) >= 11 is 0. The van der Waals surface area contributed by atoms with Crippen LogP contribution in [0.15, 0.2) is 0 Å². The molecule has 5 nitrogen and oxygen atoms in total. The zero-order valence-electron chi connectivity index (χ0n) is 13.9. The van der Waals surface area contributed by atoms with E-state index in [1.807, 2.05) is 4.90 Å². The first-order valence-corrected chi connectivity index (χ1v) is 8.62. The summed E-state index contributed by atoms with van der Waals surface area (Å²) in [5, 5.41) is 3.29. The van der Waals surface area contributed by atoms with E-state index in [0.717, 1.165) is 58.8 Å². The summed E-state index contributed by atoms with van der Waals surface area (Å²) in [6.45, 7) is 9.61. The van der Waals surface area contributed by atoms with E-state index in [4.69, 9.17) is 4.74 Å². The summed E-state index contributed by atoms with van der Waals surface area (Å²) in [7, 11) is 0. The van der Waals surface area contributed by atoms with Gasteiger partial charge in [0.15, 0.2) is 0 Å². The Balaban J connectivity index is 0.00000242. The minimum absolute atomic E-state index is 0. The molecule has 0 aromatic rings. The fourth-order valence-corrected chi connectivity index (χ4v) is 3.18. The normalized spacial score (nSPS) is 22.5. The van der Waals surface area contributed by atoms with Gasteiger partial charge in [0, 0.05) is 52.3 Å².